The van der Waals surface area contributed by atoms with E-state index in [0.29, 0.717) is 30.4 Å². The minimum Gasteiger partial charge on any atom is -0.496 e. The van der Waals surface area contributed by atoms with Gasteiger partial charge < -0.3 is 19.3 Å². The number of hydrogen-bond donors (Lipinski definition) is 0. The van der Waals surface area contributed by atoms with Crippen LogP contribution in [0.15, 0.2) is 36.4 Å². The van der Waals surface area contributed by atoms with E-state index in [2.05, 4.69) is 20.6 Å². The van der Waals surface area contributed by atoms with Gasteiger partial charge in [-0.15, -0.1) is 13.2 Å². The number of carbonyl (C=O) groups is 1. The van der Waals surface area contributed by atoms with Crippen LogP contribution < -0.4 is 14.4 Å². The number of carbonyl (C=O) groups excluding carboxylic acids is 1. The van der Waals surface area contributed by atoms with Crippen molar-refractivity contribution in [3.05, 3.63) is 53.1 Å². The molecule has 1 unspecified atom stereocenters. The highest BCUT2D eigenvalue weighted by molar-refractivity contribution is 6.01. The fourth-order valence-electron chi connectivity index (χ4n) is 5.17. The molecule has 0 radical (unpaired) electrons. The number of fused-ring (bicyclic) bond motifs is 2. The molecule has 2 aromatic rings. The third-order valence-corrected chi connectivity index (χ3v) is 6.73. The number of methoxy groups -OCH3 is 1. The lowest BCUT2D eigenvalue weighted by Gasteiger charge is -2.39. The van der Waals surface area contributed by atoms with Gasteiger partial charge in [0.2, 0.25) is 0 Å². The molecular weight excluding hydrogens is 435 g/mol. The molecule has 3 aliphatic rings. The Kier molecular flexibility index (Phi) is 5.60. The molecule has 6 nitrogen and oxygen atoms in total. The number of ether oxygens (including phenoxy) is 2. The van der Waals surface area contributed by atoms with Crippen molar-refractivity contribution in [2.24, 2.45) is 0 Å². The molecule has 5 rings (SSSR count). The van der Waals surface area contributed by atoms with Crippen molar-refractivity contribution < 1.29 is 27.4 Å². The average molecular weight is 461 g/mol. The molecule has 2 fully saturated rings. The van der Waals surface area contributed by atoms with Gasteiger partial charge in [0.25, 0.3) is 5.91 Å². The number of anilines is 1. The van der Waals surface area contributed by atoms with E-state index in [-0.39, 0.29) is 11.7 Å². The molecule has 0 saturated carbocycles. The van der Waals surface area contributed by atoms with Crippen molar-refractivity contribution in [2.45, 2.75) is 38.3 Å². The number of benzene rings is 2. The number of amides is 1. The lowest BCUT2D eigenvalue weighted by Crippen LogP contribution is -2.50. The first kappa shape index (κ1) is 21.9. The molecule has 0 aliphatic carbocycles. The van der Waals surface area contributed by atoms with Crippen LogP contribution in [-0.2, 0) is 13.1 Å². The first-order chi connectivity index (χ1) is 15.8. The molecule has 2 saturated heterocycles. The molecule has 0 spiro atoms. The number of halogens is 3. The number of rotatable bonds is 5. The third-order valence-electron chi connectivity index (χ3n) is 6.73. The van der Waals surface area contributed by atoms with E-state index >= 15 is 0 Å². The monoisotopic (exact) mass is 461 g/mol. The SMILES string of the molecule is COc1cc(N2CCN3CCCC3C2)cc2c1C(=O)N(Cc1ccc(OC(F)(F)F)cc1)C2. The van der Waals surface area contributed by atoms with Gasteiger partial charge in [-0.25, -0.2) is 0 Å². The van der Waals surface area contributed by atoms with Gasteiger partial charge in [-0.1, -0.05) is 12.1 Å². The van der Waals surface area contributed by atoms with Crippen LogP contribution in [0, 0.1) is 0 Å². The Morgan fingerprint density at radius 1 is 1.09 bits per heavy atom. The fraction of sp³-hybridized carbons (Fsp3) is 0.458. The van der Waals surface area contributed by atoms with Crippen molar-refractivity contribution in [1.82, 2.24) is 9.80 Å². The maximum Gasteiger partial charge on any atom is 0.573 e. The first-order valence-corrected chi connectivity index (χ1v) is 11.1. The number of piperazine rings is 1. The standard InChI is InChI=1S/C24H26F3N3O3/c1-32-21-12-19(29-10-9-28-8-2-3-18(28)15-29)11-17-14-30(23(31)22(17)21)13-16-4-6-20(7-5-16)33-24(25,26)27/h4-7,11-12,18H,2-3,8-10,13-15H2,1H3. The summed E-state index contributed by atoms with van der Waals surface area (Å²) < 4.78 is 46.7. The number of nitrogens with zero attached hydrogens (tertiary/aromatic N) is 3. The van der Waals surface area contributed by atoms with Gasteiger partial charge in [0.05, 0.1) is 12.7 Å². The second-order valence-corrected chi connectivity index (χ2v) is 8.81. The van der Waals surface area contributed by atoms with Crippen molar-refractivity contribution in [2.75, 3.05) is 38.2 Å². The quantitative estimate of drug-likeness (QED) is 0.673. The Morgan fingerprint density at radius 3 is 2.61 bits per heavy atom. The summed E-state index contributed by atoms with van der Waals surface area (Å²) in [5, 5.41) is 0. The summed E-state index contributed by atoms with van der Waals surface area (Å²) in [5.41, 5.74) is 3.28. The van der Waals surface area contributed by atoms with Gasteiger partial charge in [0, 0.05) is 50.5 Å². The zero-order valence-corrected chi connectivity index (χ0v) is 18.4. The lowest BCUT2D eigenvalue weighted by atomic mass is 10.1. The summed E-state index contributed by atoms with van der Waals surface area (Å²) >= 11 is 0. The molecule has 0 N–H and O–H groups in total. The lowest BCUT2D eigenvalue weighted by molar-refractivity contribution is -0.274. The van der Waals surface area contributed by atoms with E-state index in [1.807, 2.05) is 6.07 Å². The number of hydrogen-bond acceptors (Lipinski definition) is 5. The van der Waals surface area contributed by atoms with Gasteiger partial charge in [-0.3, -0.25) is 9.69 Å². The first-order valence-electron chi connectivity index (χ1n) is 11.1. The smallest absolute Gasteiger partial charge is 0.496 e. The Hall–Kier alpha value is -2.94. The minimum atomic E-state index is -4.73. The van der Waals surface area contributed by atoms with E-state index in [9.17, 15) is 18.0 Å². The minimum absolute atomic E-state index is 0.135. The van der Waals surface area contributed by atoms with E-state index in [1.165, 1.54) is 31.5 Å². The maximum absolute atomic E-state index is 13.1. The van der Waals surface area contributed by atoms with Gasteiger partial charge in [-0.05, 0) is 48.7 Å². The third kappa shape index (κ3) is 4.46. The van der Waals surface area contributed by atoms with Crippen molar-refractivity contribution in [1.29, 1.82) is 0 Å². The summed E-state index contributed by atoms with van der Waals surface area (Å²) in [6.07, 6.45) is -2.26. The normalized spacial score (nSPS) is 20.7. The van der Waals surface area contributed by atoms with Crippen molar-refractivity contribution >= 4 is 11.6 Å². The van der Waals surface area contributed by atoms with Crippen LogP contribution in [-0.4, -0.2) is 61.4 Å². The summed E-state index contributed by atoms with van der Waals surface area (Å²) in [4.78, 5) is 19.7. The van der Waals surface area contributed by atoms with Gasteiger partial charge in [0.1, 0.15) is 11.5 Å². The van der Waals surface area contributed by atoms with E-state index in [0.717, 1.165) is 36.4 Å². The highest BCUT2D eigenvalue weighted by Gasteiger charge is 2.35. The Labute approximate surface area is 190 Å². The highest BCUT2D eigenvalue weighted by Crippen LogP contribution is 2.37. The largest absolute Gasteiger partial charge is 0.573 e. The second-order valence-electron chi connectivity index (χ2n) is 8.81. The van der Waals surface area contributed by atoms with Gasteiger partial charge >= 0.3 is 6.36 Å². The van der Waals surface area contributed by atoms with Crippen LogP contribution in [0.25, 0.3) is 0 Å². The Balaban J connectivity index is 1.32. The van der Waals surface area contributed by atoms with E-state index in [1.54, 1.807) is 24.1 Å². The molecule has 9 heteroatoms. The predicted molar refractivity (Wildman–Crippen MR) is 117 cm³/mol. The van der Waals surface area contributed by atoms with Crippen LogP contribution in [0.2, 0.25) is 0 Å². The fourth-order valence-corrected chi connectivity index (χ4v) is 5.17. The molecule has 1 atom stereocenters. The second kappa shape index (κ2) is 8.44. The van der Waals surface area contributed by atoms with Crippen LogP contribution >= 0.6 is 0 Å². The molecule has 1 amide bonds. The zero-order chi connectivity index (χ0) is 23.2. The molecule has 3 aliphatic heterocycles. The van der Waals surface area contributed by atoms with Crippen LogP contribution in [0.5, 0.6) is 11.5 Å². The van der Waals surface area contributed by atoms with Crippen molar-refractivity contribution in [3.8, 4) is 11.5 Å². The van der Waals surface area contributed by atoms with Crippen LogP contribution in [0.1, 0.15) is 34.3 Å². The summed E-state index contributed by atoms with van der Waals surface area (Å²) in [7, 11) is 1.57. The molecular formula is C24H26F3N3O3. The highest BCUT2D eigenvalue weighted by atomic mass is 19.4. The number of alkyl halides is 3. The summed E-state index contributed by atoms with van der Waals surface area (Å²) in [6, 6.07) is 10.2. The Bertz CT molecular complexity index is 1040. The van der Waals surface area contributed by atoms with Crippen LogP contribution in [0.4, 0.5) is 18.9 Å². The molecule has 0 bridgehead atoms. The topological polar surface area (TPSA) is 45.2 Å². The van der Waals surface area contributed by atoms with Gasteiger partial charge in [-0.2, -0.15) is 0 Å². The molecule has 3 heterocycles. The van der Waals surface area contributed by atoms with Crippen molar-refractivity contribution in [3.63, 3.8) is 0 Å². The predicted octanol–water partition coefficient (Wildman–Crippen LogP) is 4.03. The maximum atomic E-state index is 13.1. The molecule has 0 aromatic heterocycles. The zero-order valence-electron chi connectivity index (χ0n) is 18.4. The molecule has 176 valence electrons. The molecule has 33 heavy (non-hydrogen) atoms. The summed E-state index contributed by atoms with van der Waals surface area (Å²) in [5.74, 6) is 0.151. The van der Waals surface area contributed by atoms with E-state index in [4.69, 9.17) is 4.74 Å². The molecule has 2 aromatic carbocycles. The van der Waals surface area contributed by atoms with Crippen LogP contribution in [0.3, 0.4) is 0 Å². The average Bonchev–Trinajstić information content (AvgIpc) is 3.37. The summed E-state index contributed by atoms with van der Waals surface area (Å²) in [6.45, 7) is 4.87. The van der Waals surface area contributed by atoms with E-state index < -0.39 is 6.36 Å². The Morgan fingerprint density at radius 2 is 1.88 bits per heavy atom. The van der Waals surface area contributed by atoms with Gasteiger partial charge in [0.15, 0.2) is 0 Å².